The summed E-state index contributed by atoms with van der Waals surface area (Å²) < 4.78 is 11.8. The van der Waals surface area contributed by atoms with Gasteiger partial charge in [0.2, 0.25) is 0 Å². The Labute approximate surface area is 168 Å². The zero-order valence-corrected chi connectivity index (χ0v) is 16.9. The van der Waals surface area contributed by atoms with Crippen molar-refractivity contribution in [2.45, 2.75) is 39.4 Å². The first-order valence-electron chi connectivity index (χ1n) is 9.87. The molecule has 0 aliphatic rings. The predicted molar refractivity (Wildman–Crippen MR) is 116 cm³/mol. The lowest BCUT2D eigenvalue weighted by atomic mass is 10.0. The maximum Gasteiger partial charge on any atom is 0.119 e. The summed E-state index contributed by atoms with van der Waals surface area (Å²) in [6.45, 7) is 7.77. The molecule has 3 aromatic carbocycles. The van der Waals surface area contributed by atoms with Gasteiger partial charge in [-0.05, 0) is 60.4 Å². The molecule has 1 atom stereocenters. The molecule has 0 fully saturated rings. The number of anilines is 1. The molecular weight excluding hydrogens is 346 g/mol. The molecule has 0 saturated carbocycles. The van der Waals surface area contributed by atoms with Gasteiger partial charge in [-0.15, -0.1) is 0 Å². The van der Waals surface area contributed by atoms with E-state index in [2.05, 4.69) is 50.4 Å². The first-order valence-corrected chi connectivity index (χ1v) is 9.87. The lowest BCUT2D eigenvalue weighted by molar-refractivity contribution is 0.234. The summed E-state index contributed by atoms with van der Waals surface area (Å²) in [5.41, 5.74) is 3.54. The van der Waals surface area contributed by atoms with Gasteiger partial charge < -0.3 is 14.8 Å². The second-order valence-electron chi connectivity index (χ2n) is 7.33. The van der Waals surface area contributed by atoms with E-state index in [4.69, 9.17) is 9.47 Å². The predicted octanol–water partition coefficient (Wildman–Crippen LogP) is 6.27. The molecule has 3 aromatic rings. The Kier molecular flexibility index (Phi) is 6.96. The molecule has 0 heterocycles. The topological polar surface area (TPSA) is 30.5 Å². The monoisotopic (exact) mass is 375 g/mol. The smallest absolute Gasteiger partial charge is 0.119 e. The van der Waals surface area contributed by atoms with Crippen LogP contribution in [0.3, 0.4) is 0 Å². The molecule has 3 heteroatoms. The van der Waals surface area contributed by atoms with Crippen LogP contribution in [-0.4, -0.2) is 12.6 Å². The Hall–Kier alpha value is -2.94. The van der Waals surface area contributed by atoms with Crippen molar-refractivity contribution in [2.24, 2.45) is 0 Å². The minimum Gasteiger partial charge on any atom is -0.489 e. The molecule has 28 heavy (non-hydrogen) atoms. The van der Waals surface area contributed by atoms with Gasteiger partial charge in [0.1, 0.15) is 24.2 Å². The second kappa shape index (κ2) is 9.84. The van der Waals surface area contributed by atoms with Crippen molar-refractivity contribution in [3.05, 3.63) is 90.0 Å². The summed E-state index contributed by atoms with van der Waals surface area (Å²) in [6, 6.07) is 26.6. The van der Waals surface area contributed by atoms with Crippen LogP contribution in [0.1, 0.15) is 37.8 Å². The third-order valence-corrected chi connectivity index (χ3v) is 4.58. The van der Waals surface area contributed by atoms with Gasteiger partial charge >= 0.3 is 0 Å². The van der Waals surface area contributed by atoms with Crippen molar-refractivity contribution < 1.29 is 9.47 Å². The number of benzene rings is 3. The van der Waals surface area contributed by atoms with Gasteiger partial charge in [0.05, 0.1) is 6.54 Å². The zero-order valence-electron chi connectivity index (χ0n) is 16.9. The second-order valence-corrected chi connectivity index (χ2v) is 7.33. The highest BCUT2D eigenvalue weighted by molar-refractivity contribution is 5.46. The first kappa shape index (κ1) is 19.8. The fourth-order valence-electron chi connectivity index (χ4n) is 2.88. The summed E-state index contributed by atoms with van der Waals surface area (Å²) in [5, 5.41) is 3.41. The number of rotatable bonds is 9. The first-order chi connectivity index (χ1) is 13.6. The molecule has 0 bridgehead atoms. The number of hydrogen-bond donors (Lipinski definition) is 1. The van der Waals surface area contributed by atoms with Crippen LogP contribution in [0.15, 0.2) is 78.9 Å². The summed E-state index contributed by atoms with van der Waals surface area (Å²) >= 11 is 0. The van der Waals surface area contributed by atoms with Crippen LogP contribution in [0.25, 0.3) is 0 Å². The molecule has 0 saturated heterocycles. The maximum atomic E-state index is 5.99. The SMILES string of the molecule is CC(CNc1ccc(OCc2ccccc2)cc1)Oc1ccc(C(C)C)cc1. The Morgan fingerprint density at radius 3 is 2.04 bits per heavy atom. The number of ether oxygens (including phenoxy) is 2. The van der Waals surface area contributed by atoms with Crippen molar-refractivity contribution in [1.82, 2.24) is 0 Å². The normalized spacial score (nSPS) is 11.9. The Bertz CT molecular complexity index is 827. The van der Waals surface area contributed by atoms with Crippen LogP contribution in [-0.2, 0) is 6.61 Å². The largest absolute Gasteiger partial charge is 0.489 e. The van der Waals surface area contributed by atoms with Gasteiger partial charge in [0.25, 0.3) is 0 Å². The highest BCUT2D eigenvalue weighted by Gasteiger charge is 2.06. The zero-order chi connectivity index (χ0) is 19.8. The van der Waals surface area contributed by atoms with Crippen molar-refractivity contribution in [3.63, 3.8) is 0 Å². The minimum absolute atomic E-state index is 0.0684. The summed E-state index contributed by atoms with van der Waals surface area (Å²) in [5.74, 6) is 2.31. The van der Waals surface area contributed by atoms with E-state index in [1.807, 2.05) is 54.6 Å². The third-order valence-electron chi connectivity index (χ3n) is 4.58. The molecule has 1 N–H and O–H groups in total. The molecule has 146 valence electrons. The van der Waals surface area contributed by atoms with E-state index >= 15 is 0 Å². The van der Waals surface area contributed by atoms with Crippen LogP contribution in [0.2, 0.25) is 0 Å². The minimum atomic E-state index is 0.0684. The molecule has 0 aliphatic carbocycles. The van der Waals surface area contributed by atoms with E-state index in [9.17, 15) is 0 Å². The maximum absolute atomic E-state index is 5.99. The number of hydrogen-bond acceptors (Lipinski definition) is 3. The lowest BCUT2D eigenvalue weighted by Crippen LogP contribution is -2.22. The molecular formula is C25H29NO2. The number of nitrogens with one attached hydrogen (secondary N) is 1. The molecule has 0 amide bonds. The van der Waals surface area contributed by atoms with E-state index in [-0.39, 0.29) is 6.10 Å². The van der Waals surface area contributed by atoms with E-state index in [0.29, 0.717) is 12.5 Å². The molecule has 3 rings (SSSR count). The lowest BCUT2D eigenvalue weighted by Gasteiger charge is -2.17. The van der Waals surface area contributed by atoms with Gasteiger partial charge in [0, 0.05) is 5.69 Å². The van der Waals surface area contributed by atoms with Gasteiger partial charge in [-0.1, -0.05) is 56.3 Å². The van der Waals surface area contributed by atoms with E-state index < -0.39 is 0 Å². The van der Waals surface area contributed by atoms with Crippen molar-refractivity contribution >= 4 is 5.69 Å². The fraction of sp³-hybridized carbons (Fsp3) is 0.280. The van der Waals surface area contributed by atoms with Crippen molar-refractivity contribution in [3.8, 4) is 11.5 Å². The van der Waals surface area contributed by atoms with Crippen molar-refractivity contribution in [1.29, 1.82) is 0 Å². The van der Waals surface area contributed by atoms with Gasteiger partial charge in [-0.25, -0.2) is 0 Å². The standard InChI is InChI=1S/C25H29NO2/c1-19(2)22-9-13-25(14-10-22)28-20(3)17-26-23-11-15-24(16-12-23)27-18-21-7-5-4-6-8-21/h4-16,19-20,26H,17-18H2,1-3H3. The van der Waals surface area contributed by atoms with Crippen LogP contribution >= 0.6 is 0 Å². The average molecular weight is 376 g/mol. The van der Waals surface area contributed by atoms with E-state index in [0.717, 1.165) is 29.3 Å². The van der Waals surface area contributed by atoms with Crippen LogP contribution < -0.4 is 14.8 Å². The van der Waals surface area contributed by atoms with Gasteiger partial charge in [-0.2, -0.15) is 0 Å². The molecule has 0 spiro atoms. The summed E-state index contributed by atoms with van der Waals surface area (Å²) in [4.78, 5) is 0. The molecule has 1 unspecified atom stereocenters. The summed E-state index contributed by atoms with van der Waals surface area (Å²) in [7, 11) is 0. The molecule has 0 radical (unpaired) electrons. The van der Waals surface area contributed by atoms with Gasteiger partial charge in [-0.3, -0.25) is 0 Å². The van der Waals surface area contributed by atoms with E-state index in [1.54, 1.807) is 0 Å². The van der Waals surface area contributed by atoms with E-state index in [1.165, 1.54) is 5.56 Å². The summed E-state index contributed by atoms with van der Waals surface area (Å²) in [6.07, 6.45) is 0.0684. The highest BCUT2D eigenvalue weighted by atomic mass is 16.5. The Balaban J connectivity index is 1.43. The Morgan fingerprint density at radius 1 is 0.750 bits per heavy atom. The van der Waals surface area contributed by atoms with Crippen molar-refractivity contribution in [2.75, 3.05) is 11.9 Å². The van der Waals surface area contributed by atoms with Gasteiger partial charge in [0.15, 0.2) is 0 Å². The quantitative estimate of drug-likeness (QED) is 0.478. The fourth-order valence-corrected chi connectivity index (χ4v) is 2.88. The molecule has 0 aromatic heterocycles. The Morgan fingerprint density at radius 2 is 1.39 bits per heavy atom. The van der Waals surface area contributed by atoms with Crippen LogP contribution in [0.5, 0.6) is 11.5 Å². The molecule has 3 nitrogen and oxygen atoms in total. The highest BCUT2D eigenvalue weighted by Crippen LogP contribution is 2.20. The van der Waals surface area contributed by atoms with Crippen LogP contribution in [0.4, 0.5) is 5.69 Å². The van der Waals surface area contributed by atoms with Crippen LogP contribution in [0, 0.1) is 0 Å². The third kappa shape index (κ3) is 6.05. The molecule has 0 aliphatic heterocycles. The average Bonchev–Trinajstić information content (AvgIpc) is 2.72.